The first kappa shape index (κ1) is 16.0. The second-order valence-corrected chi connectivity index (χ2v) is 5.50. The van der Waals surface area contributed by atoms with Crippen LogP contribution in [0.2, 0.25) is 0 Å². The van der Waals surface area contributed by atoms with Crippen LogP contribution in [0.3, 0.4) is 0 Å². The van der Waals surface area contributed by atoms with Crippen molar-refractivity contribution in [2.24, 2.45) is 5.92 Å². The second kappa shape index (κ2) is 8.98. The minimum atomic E-state index is 0.465. The molecule has 0 aromatic heterocycles. The second-order valence-electron chi connectivity index (χ2n) is 5.50. The first-order valence-corrected chi connectivity index (χ1v) is 7.63. The lowest BCUT2D eigenvalue weighted by atomic mass is 9.97. The Morgan fingerprint density at radius 3 is 2.26 bits per heavy atom. The standard InChI is InChI=1S/C17H29NO/c1-5-13-19-16-10-8-15(9-11-16)17(18-6-2)12-7-14(3)4/h8-11,14,17-18H,5-7,12-13H2,1-4H3. The van der Waals surface area contributed by atoms with Gasteiger partial charge in [0.25, 0.3) is 0 Å². The summed E-state index contributed by atoms with van der Waals surface area (Å²) in [5, 5.41) is 3.58. The summed E-state index contributed by atoms with van der Waals surface area (Å²) in [7, 11) is 0. The Bertz CT molecular complexity index is 332. The maximum atomic E-state index is 5.63. The molecule has 1 aromatic carbocycles. The Kier molecular flexibility index (Phi) is 7.57. The topological polar surface area (TPSA) is 21.3 Å². The fraction of sp³-hybridized carbons (Fsp3) is 0.647. The first-order valence-electron chi connectivity index (χ1n) is 7.63. The Hall–Kier alpha value is -1.02. The third kappa shape index (κ3) is 6.11. The molecule has 0 heterocycles. The zero-order valence-corrected chi connectivity index (χ0v) is 12.9. The predicted molar refractivity (Wildman–Crippen MR) is 82.7 cm³/mol. The van der Waals surface area contributed by atoms with E-state index in [1.807, 2.05) is 0 Å². The molecule has 0 bridgehead atoms. The predicted octanol–water partition coefficient (Wildman–Crippen LogP) is 4.56. The van der Waals surface area contributed by atoms with Crippen LogP contribution in [0, 0.1) is 5.92 Å². The number of nitrogens with one attached hydrogen (secondary N) is 1. The van der Waals surface area contributed by atoms with Gasteiger partial charge in [-0.2, -0.15) is 0 Å². The molecular formula is C17H29NO. The summed E-state index contributed by atoms with van der Waals surface area (Å²) in [6.07, 6.45) is 3.50. The Labute approximate surface area is 118 Å². The smallest absolute Gasteiger partial charge is 0.119 e. The molecular weight excluding hydrogens is 234 g/mol. The molecule has 0 radical (unpaired) electrons. The molecule has 19 heavy (non-hydrogen) atoms. The van der Waals surface area contributed by atoms with Crippen LogP contribution in [0.25, 0.3) is 0 Å². The largest absolute Gasteiger partial charge is 0.494 e. The molecule has 2 heteroatoms. The van der Waals surface area contributed by atoms with Gasteiger partial charge in [-0.3, -0.25) is 0 Å². The Morgan fingerprint density at radius 2 is 1.74 bits per heavy atom. The monoisotopic (exact) mass is 263 g/mol. The average Bonchev–Trinajstić information content (AvgIpc) is 2.41. The lowest BCUT2D eigenvalue weighted by molar-refractivity contribution is 0.317. The highest BCUT2D eigenvalue weighted by Crippen LogP contribution is 2.23. The van der Waals surface area contributed by atoms with Gasteiger partial charge in [0.1, 0.15) is 5.75 Å². The molecule has 0 aliphatic heterocycles. The van der Waals surface area contributed by atoms with Crippen LogP contribution in [-0.2, 0) is 0 Å². The van der Waals surface area contributed by atoms with E-state index < -0.39 is 0 Å². The van der Waals surface area contributed by atoms with Gasteiger partial charge in [0.15, 0.2) is 0 Å². The van der Waals surface area contributed by atoms with E-state index in [9.17, 15) is 0 Å². The summed E-state index contributed by atoms with van der Waals surface area (Å²) in [6, 6.07) is 9.03. The molecule has 0 saturated heterocycles. The van der Waals surface area contributed by atoms with E-state index in [1.54, 1.807) is 0 Å². The molecule has 0 saturated carbocycles. The van der Waals surface area contributed by atoms with Crippen LogP contribution < -0.4 is 10.1 Å². The number of hydrogen-bond acceptors (Lipinski definition) is 2. The van der Waals surface area contributed by atoms with Crippen LogP contribution in [0.1, 0.15) is 58.6 Å². The molecule has 0 amide bonds. The maximum Gasteiger partial charge on any atom is 0.119 e. The summed E-state index contributed by atoms with van der Waals surface area (Å²) in [4.78, 5) is 0. The number of benzene rings is 1. The van der Waals surface area contributed by atoms with Crippen molar-refractivity contribution < 1.29 is 4.74 Å². The van der Waals surface area contributed by atoms with Crippen molar-refractivity contribution in [1.82, 2.24) is 5.32 Å². The van der Waals surface area contributed by atoms with Crippen molar-refractivity contribution in [3.63, 3.8) is 0 Å². The lowest BCUT2D eigenvalue weighted by Gasteiger charge is -2.19. The zero-order valence-electron chi connectivity index (χ0n) is 12.9. The van der Waals surface area contributed by atoms with Gasteiger partial charge in [0.2, 0.25) is 0 Å². The van der Waals surface area contributed by atoms with Gasteiger partial charge in [-0.25, -0.2) is 0 Å². The van der Waals surface area contributed by atoms with Gasteiger partial charge in [-0.1, -0.05) is 39.8 Å². The van der Waals surface area contributed by atoms with Crippen molar-refractivity contribution in [2.75, 3.05) is 13.2 Å². The molecule has 1 unspecified atom stereocenters. The van der Waals surface area contributed by atoms with Crippen LogP contribution in [-0.4, -0.2) is 13.2 Å². The molecule has 0 spiro atoms. The van der Waals surface area contributed by atoms with E-state index in [4.69, 9.17) is 4.74 Å². The minimum Gasteiger partial charge on any atom is -0.494 e. The van der Waals surface area contributed by atoms with Gasteiger partial charge in [-0.05, 0) is 49.4 Å². The molecule has 1 aromatic rings. The SMILES string of the molecule is CCCOc1ccc(C(CCC(C)C)NCC)cc1. The van der Waals surface area contributed by atoms with Gasteiger partial charge in [0, 0.05) is 6.04 Å². The van der Waals surface area contributed by atoms with Crippen LogP contribution in [0.4, 0.5) is 0 Å². The third-order valence-corrected chi connectivity index (χ3v) is 3.24. The highest BCUT2D eigenvalue weighted by Gasteiger charge is 2.11. The third-order valence-electron chi connectivity index (χ3n) is 3.24. The van der Waals surface area contributed by atoms with Crippen LogP contribution in [0.5, 0.6) is 5.75 Å². The van der Waals surface area contributed by atoms with E-state index in [1.165, 1.54) is 18.4 Å². The van der Waals surface area contributed by atoms with E-state index in [0.29, 0.717) is 6.04 Å². The zero-order chi connectivity index (χ0) is 14.1. The fourth-order valence-corrected chi connectivity index (χ4v) is 2.15. The molecule has 0 aliphatic rings. The van der Waals surface area contributed by atoms with E-state index in [2.05, 4.69) is 57.3 Å². The van der Waals surface area contributed by atoms with Gasteiger partial charge >= 0.3 is 0 Å². The number of rotatable bonds is 9. The summed E-state index contributed by atoms with van der Waals surface area (Å²) >= 11 is 0. The minimum absolute atomic E-state index is 0.465. The highest BCUT2D eigenvalue weighted by molar-refractivity contribution is 5.29. The molecule has 0 aliphatic carbocycles. The van der Waals surface area contributed by atoms with Crippen molar-refractivity contribution in [2.45, 2.75) is 53.0 Å². The normalized spacial score (nSPS) is 12.7. The van der Waals surface area contributed by atoms with Crippen molar-refractivity contribution in [1.29, 1.82) is 0 Å². The average molecular weight is 263 g/mol. The van der Waals surface area contributed by atoms with Crippen molar-refractivity contribution in [3.05, 3.63) is 29.8 Å². The first-order chi connectivity index (χ1) is 9.17. The lowest BCUT2D eigenvalue weighted by Crippen LogP contribution is -2.21. The van der Waals surface area contributed by atoms with Gasteiger partial charge in [-0.15, -0.1) is 0 Å². The molecule has 108 valence electrons. The quantitative estimate of drug-likeness (QED) is 0.705. The molecule has 1 N–H and O–H groups in total. The van der Waals surface area contributed by atoms with Crippen LogP contribution in [0.15, 0.2) is 24.3 Å². The fourth-order valence-electron chi connectivity index (χ4n) is 2.15. The molecule has 1 rings (SSSR count). The maximum absolute atomic E-state index is 5.63. The number of hydrogen-bond donors (Lipinski definition) is 1. The van der Waals surface area contributed by atoms with E-state index in [0.717, 1.165) is 31.2 Å². The summed E-state index contributed by atoms with van der Waals surface area (Å²) in [5.41, 5.74) is 1.37. The van der Waals surface area contributed by atoms with E-state index in [-0.39, 0.29) is 0 Å². The highest BCUT2D eigenvalue weighted by atomic mass is 16.5. The van der Waals surface area contributed by atoms with Gasteiger partial charge < -0.3 is 10.1 Å². The number of ether oxygens (including phenoxy) is 1. The molecule has 2 nitrogen and oxygen atoms in total. The Morgan fingerprint density at radius 1 is 1.05 bits per heavy atom. The Balaban J connectivity index is 2.62. The summed E-state index contributed by atoms with van der Waals surface area (Å²) < 4.78 is 5.63. The summed E-state index contributed by atoms with van der Waals surface area (Å²) in [5.74, 6) is 1.73. The van der Waals surface area contributed by atoms with E-state index >= 15 is 0 Å². The van der Waals surface area contributed by atoms with Gasteiger partial charge in [0.05, 0.1) is 6.61 Å². The van der Waals surface area contributed by atoms with Crippen LogP contribution >= 0.6 is 0 Å². The molecule has 1 atom stereocenters. The summed E-state index contributed by atoms with van der Waals surface area (Å²) in [6.45, 7) is 10.7. The van der Waals surface area contributed by atoms with Crippen molar-refractivity contribution in [3.8, 4) is 5.75 Å². The van der Waals surface area contributed by atoms with Crippen molar-refractivity contribution >= 4 is 0 Å². The molecule has 0 fully saturated rings.